The van der Waals surface area contributed by atoms with Gasteiger partial charge in [0.1, 0.15) is 0 Å². The highest BCUT2D eigenvalue weighted by molar-refractivity contribution is 9.09. The quantitative estimate of drug-likeness (QED) is 0.550. The maximum Gasteiger partial charge on any atom is 0.0921 e. The van der Waals surface area contributed by atoms with Gasteiger partial charge in [0.2, 0.25) is 0 Å². The van der Waals surface area contributed by atoms with Gasteiger partial charge in [0.15, 0.2) is 0 Å². The van der Waals surface area contributed by atoms with Crippen molar-refractivity contribution in [1.82, 2.24) is 0 Å². The summed E-state index contributed by atoms with van der Waals surface area (Å²) >= 11 is 9.30. The van der Waals surface area contributed by atoms with Gasteiger partial charge >= 0.3 is 0 Å². The maximum atomic E-state index is 5.83. The Hall–Kier alpha value is -0.0500. The van der Waals surface area contributed by atoms with Gasteiger partial charge in [-0.15, -0.1) is 0 Å². The average molecular weight is 292 g/mol. The molecule has 3 heteroatoms. The molecule has 15 heavy (non-hydrogen) atoms. The zero-order valence-corrected chi connectivity index (χ0v) is 11.2. The molecule has 84 valence electrons. The molecule has 0 fully saturated rings. The van der Waals surface area contributed by atoms with Gasteiger partial charge in [-0.05, 0) is 24.1 Å². The molecule has 0 saturated heterocycles. The van der Waals surface area contributed by atoms with E-state index in [1.807, 2.05) is 24.3 Å². The highest BCUT2D eigenvalue weighted by Crippen LogP contribution is 2.21. The summed E-state index contributed by atoms with van der Waals surface area (Å²) in [5.74, 6) is 0. The second-order valence-electron chi connectivity index (χ2n) is 3.42. The first-order chi connectivity index (χ1) is 7.27. The Morgan fingerprint density at radius 2 is 2.00 bits per heavy atom. The molecule has 0 aliphatic heterocycles. The molecule has 0 aliphatic rings. The van der Waals surface area contributed by atoms with Gasteiger partial charge in [0, 0.05) is 17.0 Å². The molecular formula is C12H16BrClO. The molecule has 0 spiro atoms. The van der Waals surface area contributed by atoms with Crippen molar-refractivity contribution in [2.45, 2.75) is 25.9 Å². The van der Waals surface area contributed by atoms with Gasteiger partial charge < -0.3 is 4.74 Å². The Morgan fingerprint density at radius 3 is 2.53 bits per heavy atom. The number of hydrogen-bond donors (Lipinski definition) is 0. The van der Waals surface area contributed by atoms with E-state index in [1.165, 1.54) is 5.56 Å². The van der Waals surface area contributed by atoms with Crippen LogP contribution < -0.4 is 0 Å². The van der Waals surface area contributed by atoms with Crippen LogP contribution in [0.5, 0.6) is 0 Å². The fourth-order valence-electron chi connectivity index (χ4n) is 1.28. The lowest BCUT2D eigenvalue weighted by Crippen LogP contribution is -2.06. The van der Waals surface area contributed by atoms with Crippen molar-refractivity contribution in [2.24, 2.45) is 0 Å². The number of halogens is 2. The fourth-order valence-corrected chi connectivity index (χ4v) is 1.96. The summed E-state index contributed by atoms with van der Waals surface area (Å²) in [5, 5.41) is 1.58. The van der Waals surface area contributed by atoms with Gasteiger partial charge in [-0.3, -0.25) is 0 Å². The molecule has 0 saturated carbocycles. The second-order valence-corrected chi connectivity index (χ2v) is 4.50. The standard InChI is InChI=1S/C12H16BrClO/c1-2-3-8-15-12(9-13)10-4-6-11(14)7-5-10/h4-7,12H,2-3,8-9H2,1H3. The molecule has 0 N–H and O–H groups in total. The van der Waals surface area contributed by atoms with Crippen LogP contribution in [0.3, 0.4) is 0 Å². The summed E-state index contributed by atoms with van der Waals surface area (Å²) in [4.78, 5) is 0. The highest BCUT2D eigenvalue weighted by Gasteiger charge is 2.09. The first kappa shape index (κ1) is 13.0. The van der Waals surface area contributed by atoms with Crippen LogP contribution in [0.2, 0.25) is 5.02 Å². The van der Waals surface area contributed by atoms with Crippen LogP contribution in [-0.4, -0.2) is 11.9 Å². The zero-order chi connectivity index (χ0) is 11.1. The molecule has 0 heterocycles. The molecule has 0 aliphatic carbocycles. The minimum atomic E-state index is 0.133. The molecule has 0 amide bonds. The third-order valence-corrected chi connectivity index (χ3v) is 3.04. The van der Waals surface area contributed by atoms with Crippen LogP contribution in [0, 0.1) is 0 Å². The predicted octanol–water partition coefficient (Wildman–Crippen LogP) is 4.59. The normalized spacial score (nSPS) is 12.7. The number of ether oxygens (including phenoxy) is 1. The van der Waals surface area contributed by atoms with Crippen LogP contribution in [0.25, 0.3) is 0 Å². The minimum Gasteiger partial charge on any atom is -0.373 e. The van der Waals surface area contributed by atoms with Crippen molar-refractivity contribution in [1.29, 1.82) is 0 Å². The summed E-state index contributed by atoms with van der Waals surface area (Å²) in [6.45, 7) is 2.98. The van der Waals surface area contributed by atoms with Crippen molar-refractivity contribution in [3.63, 3.8) is 0 Å². The molecule has 1 nitrogen and oxygen atoms in total. The lowest BCUT2D eigenvalue weighted by atomic mass is 10.1. The first-order valence-electron chi connectivity index (χ1n) is 5.21. The van der Waals surface area contributed by atoms with E-state index < -0.39 is 0 Å². The third-order valence-electron chi connectivity index (χ3n) is 2.20. The van der Waals surface area contributed by atoms with Crippen LogP contribution in [0.1, 0.15) is 31.4 Å². The van der Waals surface area contributed by atoms with Gasteiger partial charge in [-0.1, -0.05) is 53.0 Å². The third kappa shape index (κ3) is 4.54. The topological polar surface area (TPSA) is 9.23 Å². The van der Waals surface area contributed by atoms with Crippen LogP contribution in [-0.2, 0) is 4.74 Å². The van der Waals surface area contributed by atoms with Crippen molar-refractivity contribution >= 4 is 27.5 Å². The molecule has 0 radical (unpaired) electrons. The van der Waals surface area contributed by atoms with E-state index in [2.05, 4.69) is 22.9 Å². The van der Waals surface area contributed by atoms with Crippen molar-refractivity contribution < 1.29 is 4.74 Å². The highest BCUT2D eigenvalue weighted by atomic mass is 79.9. The molecule has 1 unspecified atom stereocenters. The molecule has 1 rings (SSSR count). The lowest BCUT2D eigenvalue weighted by molar-refractivity contribution is 0.0677. The van der Waals surface area contributed by atoms with Crippen LogP contribution in [0.4, 0.5) is 0 Å². The van der Waals surface area contributed by atoms with E-state index in [1.54, 1.807) is 0 Å². The predicted molar refractivity (Wildman–Crippen MR) is 68.8 cm³/mol. The minimum absolute atomic E-state index is 0.133. The van der Waals surface area contributed by atoms with Crippen molar-refractivity contribution in [2.75, 3.05) is 11.9 Å². The van der Waals surface area contributed by atoms with Gasteiger partial charge in [0.05, 0.1) is 6.10 Å². The average Bonchev–Trinajstić information content (AvgIpc) is 2.26. The lowest BCUT2D eigenvalue weighted by Gasteiger charge is -2.15. The van der Waals surface area contributed by atoms with Crippen molar-refractivity contribution in [3.8, 4) is 0 Å². The summed E-state index contributed by atoms with van der Waals surface area (Å²) in [5.41, 5.74) is 1.17. The smallest absolute Gasteiger partial charge is 0.0921 e. The Balaban J connectivity index is 2.53. The number of alkyl halides is 1. The Kier molecular flexibility index (Phi) is 6.30. The fraction of sp³-hybridized carbons (Fsp3) is 0.500. The molecular weight excluding hydrogens is 275 g/mol. The summed E-state index contributed by atoms with van der Waals surface area (Å²) in [7, 11) is 0. The molecule has 1 atom stereocenters. The van der Waals surface area contributed by atoms with E-state index in [0.29, 0.717) is 0 Å². The monoisotopic (exact) mass is 290 g/mol. The van der Waals surface area contributed by atoms with E-state index in [0.717, 1.165) is 29.8 Å². The summed E-state index contributed by atoms with van der Waals surface area (Å²) in [6.07, 6.45) is 2.40. The summed E-state index contributed by atoms with van der Waals surface area (Å²) < 4.78 is 5.77. The first-order valence-corrected chi connectivity index (χ1v) is 6.71. The Bertz CT molecular complexity index is 273. The summed E-state index contributed by atoms with van der Waals surface area (Å²) in [6, 6.07) is 7.83. The van der Waals surface area contributed by atoms with Gasteiger partial charge in [-0.25, -0.2) is 0 Å². The number of hydrogen-bond acceptors (Lipinski definition) is 1. The van der Waals surface area contributed by atoms with Gasteiger partial charge in [0.25, 0.3) is 0 Å². The van der Waals surface area contributed by atoms with E-state index in [4.69, 9.17) is 16.3 Å². The molecule has 0 aromatic heterocycles. The number of unbranched alkanes of at least 4 members (excludes halogenated alkanes) is 1. The van der Waals surface area contributed by atoms with Crippen LogP contribution in [0.15, 0.2) is 24.3 Å². The van der Waals surface area contributed by atoms with E-state index >= 15 is 0 Å². The second kappa shape index (κ2) is 7.26. The van der Waals surface area contributed by atoms with E-state index in [9.17, 15) is 0 Å². The SMILES string of the molecule is CCCCOC(CBr)c1ccc(Cl)cc1. The van der Waals surface area contributed by atoms with Gasteiger partial charge in [-0.2, -0.15) is 0 Å². The number of benzene rings is 1. The maximum absolute atomic E-state index is 5.83. The Morgan fingerprint density at radius 1 is 1.33 bits per heavy atom. The zero-order valence-electron chi connectivity index (χ0n) is 8.88. The molecule has 0 bridgehead atoms. The molecule has 1 aromatic rings. The van der Waals surface area contributed by atoms with E-state index in [-0.39, 0.29) is 6.10 Å². The van der Waals surface area contributed by atoms with Crippen LogP contribution >= 0.6 is 27.5 Å². The number of rotatable bonds is 6. The molecule has 1 aromatic carbocycles. The Labute approximate surface area is 105 Å². The van der Waals surface area contributed by atoms with Crippen molar-refractivity contribution in [3.05, 3.63) is 34.9 Å². The largest absolute Gasteiger partial charge is 0.373 e.